The number of hydrogen-bond donors (Lipinski definition) is 2. The molecule has 1 aliphatic rings. The molecular formula is C24H36N8O. The standard InChI is InChI=1S/C24H36N8O/c1-5-6-17(3)33-24-29-21(25)23-28-15-20(32(23)30-24)12-19-11-16(2)22(27-14-19)31-9-7-18(8-10-31)13-26-4/h11,14-15,17-18,26H,5-10,12-13H2,1-4H3,(H2,25,29,30)/t17-/m1/s1. The maximum Gasteiger partial charge on any atom is 0.336 e. The van der Waals surface area contributed by atoms with E-state index in [0.29, 0.717) is 17.9 Å². The minimum atomic E-state index is 0.0292. The SMILES string of the molecule is CCC[C@@H](C)Oc1nc(N)c2ncc(Cc3cnc(N4CCC(CNC)CC4)c(C)c3)n2n1. The highest BCUT2D eigenvalue weighted by molar-refractivity contribution is 5.60. The first-order valence-corrected chi connectivity index (χ1v) is 12.0. The van der Waals surface area contributed by atoms with Crippen molar-refractivity contribution in [3.8, 4) is 6.01 Å². The van der Waals surface area contributed by atoms with Crippen LogP contribution in [0.25, 0.3) is 5.65 Å². The molecule has 1 aliphatic heterocycles. The Hall–Kier alpha value is -2.94. The normalized spacial score (nSPS) is 15.8. The number of ether oxygens (including phenoxy) is 1. The van der Waals surface area contributed by atoms with Crippen molar-refractivity contribution in [2.75, 3.05) is 37.3 Å². The van der Waals surface area contributed by atoms with Crippen LogP contribution >= 0.6 is 0 Å². The summed E-state index contributed by atoms with van der Waals surface area (Å²) in [7, 11) is 2.03. The summed E-state index contributed by atoms with van der Waals surface area (Å²) in [5.41, 5.74) is 9.91. The van der Waals surface area contributed by atoms with Gasteiger partial charge in [-0.3, -0.25) is 0 Å². The van der Waals surface area contributed by atoms with Gasteiger partial charge in [0.1, 0.15) is 5.82 Å². The van der Waals surface area contributed by atoms with E-state index in [0.717, 1.165) is 55.5 Å². The number of nitrogens with two attached hydrogens (primary N) is 1. The lowest BCUT2D eigenvalue weighted by atomic mass is 9.96. The molecule has 0 radical (unpaired) electrons. The topological polar surface area (TPSA) is 106 Å². The molecule has 0 spiro atoms. The van der Waals surface area contributed by atoms with E-state index in [1.165, 1.54) is 18.4 Å². The molecular weight excluding hydrogens is 416 g/mol. The first-order valence-electron chi connectivity index (χ1n) is 12.0. The molecule has 4 rings (SSSR count). The Balaban J connectivity index is 1.50. The molecule has 1 fully saturated rings. The molecule has 0 amide bonds. The molecule has 178 valence electrons. The zero-order valence-corrected chi connectivity index (χ0v) is 20.2. The Morgan fingerprint density at radius 1 is 1.24 bits per heavy atom. The average Bonchev–Trinajstić information content (AvgIpc) is 3.18. The number of anilines is 2. The third-order valence-electron chi connectivity index (χ3n) is 6.34. The minimum Gasteiger partial charge on any atom is -0.459 e. The molecule has 3 aromatic heterocycles. The van der Waals surface area contributed by atoms with E-state index >= 15 is 0 Å². The molecule has 3 aromatic rings. The Morgan fingerprint density at radius 2 is 2.03 bits per heavy atom. The second kappa shape index (κ2) is 10.3. The lowest BCUT2D eigenvalue weighted by Gasteiger charge is -2.33. The van der Waals surface area contributed by atoms with Gasteiger partial charge >= 0.3 is 6.01 Å². The summed E-state index contributed by atoms with van der Waals surface area (Å²) in [5.74, 6) is 2.17. The minimum absolute atomic E-state index is 0.0292. The van der Waals surface area contributed by atoms with E-state index in [9.17, 15) is 0 Å². The zero-order valence-electron chi connectivity index (χ0n) is 20.2. The highest BCUT2D eigenvalue weighted by atomic mass is 16.5. The van der Waals surface area contributed by atoms with Gasteiger partial charge in [0.25, 0.3) is 0 Å². The summed E-state index contributed by atoms with van der Waals surface area (Å²) in [6, 6.07) is 2.50. The molecule has 0 aromatic carbocycles. The number of rotatable bonds is 9. The van der Waals surface area contributed by atoms with Crippen molar-refractivity contribution in [2.45, 2.75) is 59.0 Å². The summed E-state index contributed by atoms with van der Waals surface area (Å²) in [6.45, 7) is 9.49. The van der Waals surface area contributed by atoms with Crippen LogP contribution in [0.3, 0.4) is 0 Å². The van der Waals surface area contributed by atoms with Crippen LogP contribution in [0, 0.1) is 12.8 Å². The van der Waals surface area contributed by atoms with Gasteiger partial charge in [0.05, 0.1) is 18.0 Å². The molecule has 9 nitrogen and oxygen atoms in total. The van der Waals surface area contributed by atoms with Crippen LogP contribution in [0.4, 0.5) is 11.6 Å². The predicted molar refractivity (Wildman–Crippen MR) is 131 cm³/mol. The van der Waals surface area contributed by atoms with E-state index in [4.69, 9.17) is 15.5 Å². The number of nitrogen functional groups attached to an aromatic ring is 1. The van der Waals surface area contributed by atoms with Gasteiger partial charge in [-0.1, -0.05) is 19.4 Å². The van der Waals surface area contributed by atoms with Gasteiger partial charge in [-0.25, -0.2) is 14.5 Å². The predicted octanol–water partition coefficient (Wildman–Crippen LogP) is 3.00. The van der Waals surface area contributed by atoms with Crippen molar-refractivity contribution in [3.05, 3.63) is 35.3 Å². The third kappa shape index (κ3) is 5.35. The van der Waals surface area contributed by atoms with Crippen molar-refractivity contribution in [1.82, 2.24) is 29.9 Å². The molecule has 0 unspecified atom stereocenters. The smallest absolute Gasteiger partial charge is 0.336 e. The van der Waals surface area contributed by atoms with Crippen molar-refractivity contribution < 1.29 is 4.74 Å². The van der Waals surface area contributed by atoms with Crippen molar-refractivity contribution in [2.24, 2.45) is 5.92 Å². The lowest BCUT2D eigenvalue weighted by molar-refractivity contribution is 0.189. The number of nitrogens with one attached hydrogen (secondary N) is 1. The molecule has 3 N–H and O–H groups in total. The monoisotopic (exact) mass is 452 g/mol. The van der Waals surface area contributed by atoms with Crippen molar-refractivity contribution in [3.63, 3.8) is 0 Å². The average molecular weight is 453 g/mol. The van der Waals surface area contributed by atoms with Crippen LogP contribution in [-0.2, 0) is 6.42 Å². The van der Waals surface area contributed by atoms with Crippen LogP contribution in [0.2, 0.25) is 0 Å². The second-order valence-electron chi connectivity index (χ2n) is 9.13. The molecule has 4 heterocycles. The van der Waals surface area contributed by atoms with Gasteiger partial charge in [0.2, 0.25) is 0 Å². The Kier molecular flexibility index (Phi) is 7.27. The van der Waals surface area contributed by atoms with E-state index < -0.39 is 0 Å². The lowest BCUT2D eigenvalue weighted by Crippen LogP contribution is -2.37. The van der Waals surface area contributed by atoms with Crippen LogP contribution in [-0.4, -0.2) is 57.4 Å². The fourth-order valence-electron chi connectivity index (χ4n) is 4.64. The van der Waals surface area contributed by atoms with E-state index in [-0.39, 0.29) is 12.1 Å². The number of aryl methyl sites for hydroxylation is 1. The summed E-state index contributed by atoms with van der Waals surface area (Å²) >= 11 is 0. The van der Waals surface area contributed by atoms with Crippen LogP contribution in [0.15, 0.2) is 18.5 Å². The molecule has 0 aliphatic carbocycles. The van der Waals surface area contributed by atoms with Gasteiger partial charge in [0, 0.05) is 25.7 Å². The highest BCUT2D eigenvalue weighted by Gasteiger charge is 2.21. The van der Waals surface area contributed by atoms with Gasteiger partial charge in [-0.05, 0) is 63.7 Å². The van der Waals surface area contributed by atoms with E-state index in [2.05, 4.69) is 45.2 Å². The summed E-state index contributed by atoms with van der Waals surface area (Å²) in [4.78, 5) is 15.9. The number of aromatic nitrogens is 5. The molecule has 1 saturated heterocycles. The molecule has 9 heteroatoms. The first-order chi connectivity index (χ1) is 16.0. The van der Waals surface area contributed by atoms with Gasteiger partial charge in [0.15, 0.2) is 11.5 Å². The Labute approximate surface area is 195 Å². The number of hydrogen-bond acceptors (Lipinski definition) is 8. The summed E-state index contributed by atoms with van der Waals surface area (Å²) in [6.07, 6.45) is 8.82. The number of piperidine rings is 1. The molecule has 1 atom stereocenters. The maximum atomic E-state index is 6.13. The zero-order chi connectivity index (χ0) is 23.4. The number of nitrogens with zero attached hydrogens (tertiary/aromatic N) is 6. The van der Waals surface area contributed by atoms with Crippen LogP contribution in [0.1, 0.15) is 56.4 Å². The second-order valence-corrected chi connectivity index (χ2v) is 9.13. The Morgan fingerprint density at radius 3 is 2.73 bits per heavy atom. The number of fused-ring (bicyclic) bond motifs is 1. The van der Waals surface area contributed by atoms with Gasteiger partial charge < -0.3 is 20.7 Å². The molecule has 0 saturated carbocycles. The molecule has 0 bridgehead atoms. The summed E-state index contributed by atoms with van der Waals surface area (Å²) in [5, 5.41) is 7.86. The fourth-order valence-corrected chi connectivity index (χ4v) is 4.64. The maximum absolute atomic E-state index is 6.13. The molecule has 33 heavy (non-hydrogen) atoms. The first kappa shape index (κ1) is 23.2. The quantitative estimate of drug-likeness (QED) is 0.510. The Bertz CT molecular complexity index is 1070. The fraction of sp³-hybridized carbons (Fsp3) is 0.583. The van der Waals surface area contributed by atoms with E-state index in [1.54, 1.807) is 10.7 Å². The van der Waals surface area contributed by atoms with Crippen LogP contribution < -0.4 is 20.7 Å². The highest BCUT2D eigenvalue weighted by Crippen LogP contribution is 2.25. The van der Waals surface area contributed by atoms with Crippen LogP contribution in [0.5, 0.6) is 6.01 Å². The summed E-state index contributed by atoms with van der Waals surface area (Å²) < 4.78 is 7.61. The third-order valence-corrected chi connectivity index (χ3v) is 6.34. The van der Waals surface area contributed by atoms with Crippen molar-refractivity contribution in [1.29, 1.82) is 0 Å². The van der Waals surface area contributed by atoms with Gasteiger partial charge in [-0.15, -0.1) is 5.10 Å². The number of imidazole rings is 1. The van der Waals surface area contributed by atoms with E-state index in [1.807, 2.05) is 20.2 Å². The van der Waals surface area contributed by atoms with Crippen molar-refractivity contribution >= 4 is 17.3 Å². The largest absolute Gasteiger partial charge is 0.459 e. The number of pyridine rings is 1. The van der Waals surface area contributed by atoms with Gasteiger partial charge in [-0.2, -0.15) is 4.98 Å².